The molecule has 1 aromatic heterocycles. The highest BCUT2D eigenvalue weighted by molar-refractivity contribution is 7.90. The summed E-state index contributed by atoms with van der Waals surface area (Å²) in [4.78, 5) is 18.1. The van der Waals surface area contributed by atoms with Crippen LogP contribution in [-0.2, 0) is 14.8 Å². The molecule has 1 N–H and O–H groups in total. The molecule has 2 aliphatic heterocycles. The molecule has 0 saturated heterocycles. The van der Waals surface area contributed by atoms with Crippen molar-refractivity contribution in [1.82, 2.24) is 9.88 Å². The Balaban J connectivity index is 1.90. The first-order valence-electron chi connectivity index (χ1n) is 6.67. The van der Waals surface area contributed by atoms with Gasteiger partial charge in [0.15, 0.2) is 5.84 Å². The molecular weight excluding hydrogens is 304 g/mol. The molecule has 0 atom stereocenters. The van der Waals surface area contributed by atoms with Gasteiger partial charge in [-0.1, -0.05) is 0 Å². The second kappa shape index (κ2) is 5.38. The molecule has 0 spiro atoms. The molecule has 0 bridgehead atoms. The van der Waals surface area contributed by atoms with E-state index in [4.69, 9.17) is 0 Å². The van der Waals surface area contributed by atoms with Crippen molar-refractivity contribution in [3.63, 3.8) is 0 Å². The van der Waals surface area contributed by atoms with Crippen LogP contribution in [0.2, 0.25) is 0 Å². The van der Waals surface area contributed by atoms with Gasteiger partial charge in [0.25, 0.3) is 15.9 Å². The van der Waals surface area contributed by atoms with Crippen LogP contribution < -0.4 is 5.32 Å². The lowest BCUT2D eigenvalue weighted by molar-refractivity contribution is -0.112. The second-order valence-corrected chi connectivity index (χ2v) is 6.74. The van der Waals surface area contributed by atoms with E-state index in [0.717, 1.165) is 5.56 Å². The van der Waals surface area contributed by atoms with Gasteiger partial charge in [0, 0.05) is 18.9 Å². The van der Waals surface area contributed by atoms with Crippen LogP contribution in [-0.4, -0.2) is 42.3 Å². The fourth-order valence-electron chi connectivity index (χ4n) is 2.18. The largest absolute Gasteiger partial charge is 0.331 e. The summed E-state index contributed by atoms with van der Waals surface area (Å²) >= 11 is 0. The molecule has 0 unspecified atom stereocenters. The molecule has 114 valence electrons. The predicted octanol–water partition coefficient (Wildman–Crippen LogP) is 0.826. The van der Waals surface area contributed by atoms with E-state index >= 15 is 0 Å². The number of rotatable bonds is 2. The number of nitrogens with one attached hydrogen (secondary N) is 1. The minimum atomic E-state index is -3.52. The molecule has 0 aromatic carbocycles. The van der Waals surface area contributed by atoms with Crippen LogP contribution in [0.15, 0.2) is 46.7 Å². The van der Waals surface area contributed by atoms with Crippen molar-refractivity contribution in [2.45, 2.75) is 6.92 Å². The number of amides is 1. The average Bonchev–Trinajstić information content (AvgIpc) is 2.45. The highest BCUT2D eigenvalue weighted by Gasteiger charge is 2.30. The van der Waals surface area contributed by atoms with Crippen molar-refractivity contribution in [2.75, 3.05) is 17.6 Å². The van der Waals surface area contributed by atoms with E-state index in [0.29, 0.717) is 5.82 Å². The van der Waals surface area contributed by atoms with Gasteiger partial charge >= 0.3 is 0 Å². The summed E-state index contributed by atoms with van der Waals surface area (Å²) in [5.41, 5.74) is 1.16. The average molecular weight is 318 g/mol. The Morgan fingerprint density at radius 1 is 1.41 bits per heavy atom. The lowest BCUT2D eigenvalue weighted by atomic mass is 10.1. The lowest BCUT2D eigenvalue weighted by Gasteiger charge is -2.28. The molecule has 1 amide bonds. The highest BCUT2D eigenvalue weighted by Crippen LogP contribution is 2.19. The number of carbonyl (C=O) groups excluding carboxylic acids is 1. The van der Waals surface area contributed by atoms with Crippen LogP contribution in [0.4, 0.5) is 5.82 Å². The van der Waals surface area contributed by atoms with Crippen molar-refractivity contribution >= 4 is 27.6 Å². The summed E-state index contributed by atoms with van der Waals surface area (Å²) in [6.07, 6.45) is 6.53. The maximum atomic E-state index is 12.4. The monoisotopic (exact) mass is 318 g/mol. The number of pyridine rings is 1. The predicted molar refractivity (Wildman–Crippen MR) is 82.8 cm³/mol. The Morgan fingerprint density at radius 3 is 3.00 bits per heavy atom. The van der Waals surface area contributed by atoms with Crippen molar-refractivity contribution in [1.29, 1.82) is 0 Å². The first-order chi connectivity index (χ1) is 10.4. The first kappa shape index (κ1) is 14.5. The van der Waals surface area contributed by atoms with Crippen LogP contribution >= 0.6 is 0 Å². The summed E-state index contributed by atoms with van der Waals surface area (Å²) in [6, 6.07) is 3.55. The van der Waals surface area contributed by atoms with Crippen molar-refractivity contribution in [3.8, 4) is 0 Å². The van der Waals surface area contributed by atoms with E-state index in [1.807, 2.05) is 13.0 Å². The zero-order valence-electron chi connectivity index (χ0n) is 11.9. The number of aromatic nitrogens is 1. The van der Waals surface area contributed by atoms with Gasteiger partial charge in [0.05, 0.1) is 11.3 Å². The van der Waals surface area contributed by atoms with Crippen LogP contribution in [0, 0.1) is 6.92 Å². The number of allylic oxidation sites excluding steroid dienone is 2. The van der Waals surface area contributed by atoms with E-state index in [9.17, 15) is 13.2 Å². The Labute approximate surface area is 128 Å². The highest BCUT2D eigenvalue weighted by atomic mass is 32.2. The van der Waals surface area contributed by atoms with Crippen LogP contribution in [0.5, 0.6) is 0 Å². The van der Waals surface area contributed by atoms with Gasteiger partial charge in [-0.3, -0.25) is 4.79 Å². The van der Waals surface area contributed by atoms with Crippen LogP contribution in [0.25, 0.3) is 0 Å². The van der Waals surface area contributed by atoms with E-state index in [1.165, 1.54) is 0 Å². The quantitative estimate of drug-likeness (QED) is 0.872. The third-order valence-corrected chi connectivity index (χ3v) is 4.41. The SMILES string of the molecule is Cc1ccnc(NC(=O)C2=CC=CN3CCS(=O)(=O)N=C23)c1. The lowest BCUT2D eigenvalue weighted by Crippen LogP contribution is -2.40. The maximum Gasteiger partial charge on any atom is 0.260 e. The third-order valence-electron chi connectivity index (χ3n) is 3.26. The fraction of sp³-hybridized carbons (Fsp3) is 0.214. The van der Waals surface area contributed by atoms with Gasteiger partial charge in [0.1, 0.15) is 5.82 Å². The molecule has 22 heavy (non-hydrogen) atoms. The van der Waals surface area contributed by atoms with Crippen LogP contribution in [0.1, 0.15) is 5.56 Å². The Morgan fingerprint density at radius 2 is 2.23 bits per heavy atom. The molecule has 0 saturated carbocycles. The van der Waals surface area contributed by atoms with E-state index in [-0.39, 0.29) is 23.7 Å². The first-order valence-corrected chi connectivity index (χ1v) is 8.28. The molecule has 2 aliphatic rings. The third kappa shape index (κ3) is 2.91. The summed E-state index contributed by atoms with van der Waals surface area (Å²) in [6.45, 7) is 2.17. The molecule has 1 aromatic rings. The number of carbonyl (C=O) groups is 1. The van der Waals surface area contributed by atoms with E-state index in [2.05, 4.69) is 14.7 Å². The Hall–Kier alpha value is -2.48. The van der Waals surface area contributed by atoms with Crippen LogP contribution in [0.3, 0.4) is 0 Å². The molecule has 3 rings (SSSR count). The van der Waals surface area contributed by atoms with Gasteiger partial charge in [0.2, 0.25) is 0 Å². The number of aryl methyl sites for hydroxylation is 1. The van der Waals surface area contributed by atoms with Crippen molar-refractivity contribution < 1.29 is 13.2 Å². The van der Waals surface area contributed by atoms with E-state index < -0.39 is 15.9 Å². The topological polar surface area (TPSA) is 91.7 Å². The standard InChI is InChI=1S/C14H14N4O3S/c1-10-4-5-15-12(9-10)16-14(19)11-3-2-6-18-7-8-22(20,21)17-13(11)18/h2-6,9H,7-8H2,1H3,(H,15,16,19). The molecule has 8 heteroatoms. The normalized spacial score (nSPS) is 19.0. The van der Waals surface area contributed by atoms with E-state index in [1.54, 1.807) is 35.5 Å². The van der Waals surface area contributed by atoms with Gasteiger partial charge in [-0.25, -0.2) is 13.4 Å². The van der Waals surface area contributed by atoms with Crippen molar-refractivity contribution in [3.05, 3.63) is 47.8 Å². The molecule has 0 fully saturated rings. The maximum absolute atomic E-state index is 12.4. The summed E-state index contributed by atoms with van der Waals surface area (Å²) in [7, 11) is -3.52. The van der Waals surface area contributed by atoms with Gasteiger partial charge in [-0.05, 0) is 36.8 Å². The van der Waals surface area contributed by atoms with Gasteiger partial charge in [-0.15, -0.1) is 4.40 Å². The minimum absolute atomic E-state index is 0.0603. The number of hydrogen-bond donors (Lipinski definition) is 1. The van der Waals surface area contributed by atoms with Gasteiger partial charge < -0.3 is 10.2 Å². The zero-order chi connectivity index (χ0) is 15.7. The molecular formula is C14H14N4O3S. The molecule has 0 aliphatic carbocycles. The fourth-order valence-corrected chi connectivity index (χ4v) is 3.17. The zero-order valence-corrected chi connectivity index (χ0v) is 12.7. The minimum Gasteiger partial charge on any atom is -0.331 e. The van der Waals surface area contributed by atoms with Gasteiger partial charge in [-0.2, -0.15) is 0 Å². The van der Waals surface area contributed by atoms with Crippen molar-refractivity contribution in [2.24, 2.45) is 4.40 Å². The number of sulfonamides is 1. The number of anilines is 1. The number of nitrogens with zero attached hydrogens (tertiary/aromatic N) is 3. The summed E-state index contributed by atoms with van der Waals surface area (Å²) in [5.74, 6) is 0.0586. The molecule has 0 radical (unpaired) electrons. The molecule has 7 nitrogen and oxygen atoms in total. The Bertz CT molecular complexity index is 824. The number of hydrogen-bond acceptors (Lipinski definition) is 5. The number of amidine groups is 1. The summed E-state index contributed by atoms with van der Waals surface area (Å²) < 4.78 is 27.0. The smallest absolute Gasteiger partial charge is 0.260 e. The summed E-state index contributed by atoms with van der Waals surface area (Å²) in [5, 5.41) is 2.66. The second-order valence-electron chi connectivity index (χ2n) is 4.99. The Kier molecular flexibility index (Phi) is 3.53. The molecule has 3 heterocycles. The number of fused-ring (bicyclic) bond motifs is 1.